The van der Waals surface area contributed by atoms with Crippen molar-refractivity contribution < 1.29 is 4.42 Å². The van der Waals surface area contributed by atoms with Crippen LogP contribution in [-0.4, -0.2) is 0 Å². The summed E-state index contributed by atoms with van der Waals surface area (Å²) in [5, 5.41) is 1.08. The van der Waals surface area contributed by atoms with Crippen LogP contribution in [0.5, 0.6) is 0 Å². The molecule has 1 aromatic heterocycles. The summed E-state index contributed by atoms with van der Waals surface area (Å²) in [5.74, 6) is 0.856. The van der Waals surface area contributed by atoms with E-state index in [1.54, 1.807) is 0 Å². The molecule has 0 fully saturated rings. The number of hydrogen-bond donors (Lipinski definition) is 0. The van der Waals surface area contributed by atoms with Crippen LogP contribution >= 0.6 is 0 Å². The minimum Gasteiger partial charge on any atom is -0.456 e. The summed E-state index contributed by atoms with van der Waals surface area (Å²) in [4.78, 5) is 4.84. The van der Waals surface area contributed by atoms with E-state index in [-0.39, 0.29) is 16.2 Å². The van der Waals surface area contributed by atoms with Gasteiger partial charge in [-0.05, 0) is 117 Å². The van der Waals surface area contributed by atoms with Crippen LogP contribution in [0.2, 0.25) is 0 Å². The van der Waals surface area contributed by atoms with E-state index in [0.717, 1.165) is 67.5 Å². The molecule has 0 amide bonds. The van der Waals surface area contributed by atoms with Crippen LogP contribution in [0.4, 0.5) is 34.1 Å². The van der Waals surface area contributed by atoms with E-state index < -0.39 is 0 Å². The largest absolute Gasteiger partial charge is 0.456 e. The van der Waals surface area contributed by atoms with Gasteiger partial charge in [0.1, 0.15) is 11.3 Å². The van der Waals surface area contributed by atoms with E-state index in [1.165, 1.54) is 16.7 Å². The molecular formula is C56H56N2O. The zero-order valence-corrected chi connectivity index (χ0v) is 36.0. The van der Waals surface area contributed by atoms with Crippen LogP contribution < -0.4 is 9.80 Å². The molecule has 0 atom stereocenters. The van der Waals surface area contributed by atoms with Crippen LogP contribution in [0.15, 0.2) is 180 Å². The van der Waals surface area contributed by atoms with Gasteiger partial charge in [-0.1, -0.05) is 165 Å². The average Bonchev–Trinajstić information content (AvgIpc) is 3.66. The first-order valence-electron chi connectivity index (χ1n) is 20.8. The third-order valence-electron chi connectivity index (χ3n) is 11.3. The summed E-state index contributed by atoms with van der Waals surface area (Å²) in [7, 11) is 0. The summed E-state index contributed by atoms with van der Waals surface area (Å²) >= 11 is 0. The Bertz CT molecular complexity index is 2630. The highest BCUT2D eigenvalue weighted by Gasteiger charge is 2.26. The molecule has 8 aromatic rings. The molecule has 0 unspecified atom stereocenters. The standard InChI is InChI=1S/C56H56N2O/c1-54(2,3)41-27-31-44(32-28-41)57(45-33-29-42(30-34-45)55(4,5)6)46-35-40(48-23-18-26-52-49(48)38-53(59-52)39-19-12-10-13-20-39)36-47(37-46)58(43-21-14-11-15-22-43)51-25-17-16-24-50(51)56(7,8)9/h10-38H,1-9H3. The quantitative estimate of drug-likeness (QED) is 0.153. The van der Waals surface area contributed by atoms with Crippen molar-refractivity contribution in [3.63, 3.8) is 0 Å². The maximum atomic E-state index is 6.56. The highest BCUT2D eigenvalue weighted by atomic mass is 16.3. The maximum absolute atomic E-state index is 6.56. The summed E-state index contributed by atoms with van der Waals surface area (Å²) in [5.41, 5.74) is 14.5. The predicted octanol–water partition coefficient (Wildman–Crippen LogP) is 16.6. The van der Waals surface area contributed by atoms with Crippen LogP contribution in [0.25, 0.3) is 33.4 Å². The number of para-hydroxylation sites is 2. The Balaban J connectivity index is 1.43. The number of furan rings is 1. The van der Waals surface area contributed by atoms with Crippen molar-refractivity contribution in [1.82, 2.24) is 0 Å². The molecule has 0 N–H and O–H groups in total. The molecule has 7 aromatic carbocycles. The minimum atomic E-state index is -0.101. The van der Waals surface area contributed by atoms with Crippen molar-refractivity contribution in [2.75, 3.05) is 9.80 Å². The zero-order valence-electron chi connectivity index (χ0n) is 36.0. The molecule has 8 rings (SSSR count). The van der Waals surface area contributed by atoms with Gasteiger partial charge in [-0.25, -0.2) is 0 Å². The molecule has 3 nitrogen and oxygen atoms in total. The average molecular weight is 773 g/mol. The third kappa shape index (κ3) is 8.21. The number of hydrogen-bond acceptors (Lipinski definition) is 3. The summed E-state index contributed by atoms with van der Waals surface area (Å²) in [6, 6.07) is 63.9. The Morgan fingerprint density at radius 3 is 1.44 bits per heavy atom. The first-order chi connectivity index (χ1) is 28.1. The zero-order chi connectivity index (χ0) is 41.5. The van der Waals surface area contributed by atoms with Gasteiger partial charge in [0.05, 0.1) is 0 Å². The highest BCUT2D eigenvalue weighted by molar-refractivity contribution is 5.99. The lowest BCUT2D eigenvalue weighted by molar-refractivity contribution is 0.590. The molecule has 1 heterocycles. The second kappa shape index (κ2) is 15.5. The fourth-order valence-electron chi connectivity index (χ4n) is 8.04. The number of nitrogens with zero attached hydrogens (tertiary/aromatic N) is 2. The number of benzene rings is 7. The lowest BCUT2D eigenvalue weighted by Crippen LogP contribution is -2.19. The number of rotatable bonds is 8. The van der Waals surface area contributed by atoms with E-state index in [0.29, 0.717) is 0 Å². The fourth-order valence-corrected chi connectivity index (χ4v) is 8.04. The van der Waals surface area contributed by atoms with Gasteiger partial charge >= 0.3 is 0 Å². The molecule has 0 saturated carbocycles. The smallest absolute Gasteiger partial charge is 0.135 e. The number of anilines is 6. The Morgan fingerprint density at radius 2 is 0.881 bits per heavy atom. The molecule has 0 bridgehead atoms. The molecule has 0 radical (unpaired) electrons. The molecule has 0 aliphatic rings. The summed E-state index contributed by atoms with van der Waals surface area (Å²) in [6.07, 6.45) is 0. The molecule has 296 valence electrons. The first-order valence-corrected chi connectivity index (χ1v) is 20.8. The first kappa shape index (κ1) is 39.5. The predicted molar refractivity (Wildman–Crippen MR) is 253 cm³/mol. The molecule has 0 aliphatic heterocycles. The van der Waals surface area contributed by atoms with Gasteiger partial charge in [0.25, 0.3) is 0 Å². The monoisotopic (exact) mass is 772 g/mol. The van der Waals surface area contributed by atoms with Gasteiger partial charge in [-0.3, -0.25) is 0 Å². The number of fused-ring (bicyclic) bond motifs is 1. The van der Waals surface area contributed by atoms with Crippen molar-refractivity contribution in [1.29, 1.82) is 0 Å². The molecule has 3 heteroatoms. The van der Waals surface area contributed by atoms with Crippen molar-refractivity contribution >= 4 is 45.1 Å². The van der Waals surface area contributed by atoms with Gasteiger partial charge in [0.15, 0.2) is 0 Å². The lowest BCUT2D eigenvalue weighted by Gasteiger charge is -2.34. The SMILES string of the molecule is CC(C)(C)c1ccc(N(c2ccc(C(C)(C)C)cc2)c2cc(-c3cccc4oc(-c5ccccc5)cc34)cc(N(c3ccccc3)c3ccccc3C(C)(C)C)c2)cc1. The Morgan fingerprint density at radius 1 is 0.373 bits per heavy atom. The van der Waals surface area contributed by atoms with Crippen molar-refractivity contribution in [2.24, 2.45) is 0 Å². The Kier molecular flexibility index (Phi) is 10.3. The van der Waals surface area contributed by atoms with Gasteiger partial charge in [-0.2, -0.15) is 0 Å². The molecule has 0 saturated heterocycles. The van der Waals surface area contributed by atoms with E-state index in [2.05, 4.69) is 242 Å². The normalized spacial score (nSPS) is 12.2. The second-order valence-electron chi connectivity index (χ2n) is 18.8. The highest BCUT2D eigenvalue weighted by Crippen LogP contribution is 2.47. The molecular weight excluding hydrogens is 717 g/mol. The van der Waals surface area contributed by atoms with Crippen LogP contribution in [0, 0.1) is 0 Å². The van der Waals surface area contributed by atoms with E-state index >= 15 is 0 Å². The Labute approximate surface area is 351 Å². The molecule has 0 spiro atoms. The minimum absolute atomic E-state index is 0.0311. The van der Waals surface area contributed by atoms with E-state index in [1.807, 2.05) is 6.07 Å². The topological polar surface area (TPSA) is 19.6 Å². The van der Waals surface area contributed by atoms with Crippen LogP contribution in [0.1, 0.15) is 79.0 Å². The van der Waals surface area contributed by atoms with Gasteiger partial charge < -0.3 is 14.2 Å². The van der Waals surface area contributed by atoms with Gasteiger partial charge in [0, 0.05) is 45.1 Å². The van der Waals surface area contributed by atoms with Crippen LogP contribution in [0.3, 0.4) is 0 Å². The lowest BCUT2D eigenvalue weighted by atomic mass is 9.85. The summed E-state index contributed by atoms with van der Waals surface area (Å²) in [6.45, 7) is 20.5. The van der Waals surface area contributed by atoms with E-state index in [4.69, 9.17) is 4.42 Å². The molecule has 59 heavy (non-hydrogen) atoms. The van der Waals surface area contributed by atoms with Gasteiger partial charge in [-0.15, -0.1) is 0 Å². The second-order valence-corrected chi connectivity index (χ2v) is 18.8. The third-order valence-corrected chi connectivity index (χ3v) is 11.3. The molecule has 0 aliphatic carbocycles. The van der Waals surface area contributed by atoms with Crippen molar-refractivity contribution in [2.45, 2.75) is 78.6 Å². The fraction of sp³-hybridized carbons (Fsp3) is 0.214. The maximum Gasteiger partial charge on any atom is 0.135 e. The summed E-state index contributed by atoms with van der Waals surface area (Å²) < 4.78 is 6.56. The van der Waals surface area contributed by atoms with E-state index in [9.17, 15) is 0 Å². The van der Waals surface area contributed by atoms with Crippen LogP contribution in [-0.2, 0) is 16.2 Å². The van der Waals surface area contributed by atoms with Crippen molar-refractivity contribution in [3.8, 4) is 22.5 Å². The Hall–Kier alpha value is -6.32. The van der Waals surface area contributed by atoms with Crippen molar-refractivity contribution in [3.05, 3.63) is 193 Å². The van der Waals surface area contributed by atoms with Gasteiger partial charge in [0.2, 0.25) is 0 Å².